The van der Waals surface area contributed by atoms with Gasteiger partial charge in [0.15, 0.2) is 5.11 Å². The van der Waals surface area contributed by atoms with Crippen LogP contribution in [0.5, 0.6) is 0 Å². The highest BCUT2D eigenvalue weighted by Crippen LogP contribution is 2.27. The first-order chi connectivity index (χ1) is 12.0. The summed E-state index contributed by atoms with van der Waals surface area (Å²) in [5.41, 5.74) is 4.38. The van der Waals surface area contributed by atoms with Gasteiger partial charge < -0.3 is 15.2 Å². The maximum absolute atomic E-state index is 6.31. The number of anilines is 1. The van der Waals surface area contributed by atoms with Gasteiger partial charge in [-0.25, -0.2) is 0 Å². The van der Waals surface area contributed by atoms with Gasteiger partial charge in [-0.3, -0.25) is 0 Å². The predicted molar refractivity (Wildman–Crippen MR) is 112 cm³/mol. The van der Waals surface area contributed by atoms with Crippen LogP contribution in [0.2, 0.25) is 5.02 Å². The second-order valence-corrected chi connectivity index (χ2v) is 7.06. The van der Waals surface area contributed by atoms with Crippen molar-refractivity contribution in [1.29, 1.82) is 0 Å². The van der Waals surface area contributed by atoms with Crippen LogP contribution >= 0.6 is 23.8 Å². The summed E-state index contributed by atoms with van der Waals surface area (Å²) in [6, 6.07) is 14.6. The molecule has 3 nitrogen and oxygen atoms in total. The first-order valence-corrected chi connectivity index (χ1v) is 9.18. The fraction of sp³-hybridized carbons (Fsp3) is 0.250. The summed E-state index contributed by atoms with van der Waals surface area (Å²) < 4.78 is 2.27. The summed E-state index contributed by atoms with van der Waals surface area (Å²) in [4.78, 5) is 0. The predicted octanol–water partition coefficient (Wildman–Crippen LogP) is 5.29. The standard InChI is InChI=1S/C20H22ClN3S/c1-14-12-15(2)19(17(21)13-14)23-20(25)22-9-5-10-24-11-8-16-6-3-4-7-18(16)24/h3-4,6-8,11-13H,5,9-10H2,1-2H3,(H2,22,23,25). The number of nitrogens with zero attached hydrogens (tertiary/aromatic N) is 1. The van der Waals surface area contributed by atoms with Crippen molar-refractivity contribution in [3.05, 3.63) is 64.8 Å². The molecule has 3 rings (SSSR count). The maximum atomic E-state index is 6.31. The molecular weight excluding hydrogens is 350 g/mol. The molecule has 5 heteroatoms. The van der Waals surface area contributed by atoms with Crippen LogP contribution in [0.15, 0.2) is 48.7 Å². The number of para-hydroxylation sites is 1. The molecule has 0 saturated heterocycles. The van der Waals surface area contributed by atoms with E-state index in [1.807, 2.05) is 19.9 Å². The number of hydrogen-bond donors (Lipinski definition) is 2. The van der Waals surface area contributed by atoms with Gasteiger partial charge in [0.1, 0.15) is 0 Å². The summed E-state index contributed by atoms with van der Waals surface area (Å²) in [5, 5.41) is 9.04. The maximum Gasteiger partial charge on any atom is 0.170 e. The Kier molecular flexibility index (Phi) is 5.61. The molecule has 1 aromatic heterocycles. The van der Waals surface area contributed by atoms with Crippen LogP contribution < -0.4 is 10.6 Å². The van der Waals surface area contributed by atoms with Crippen molar-refractivity contribution in [1.82, 2.24) is 9.88 Å². The summed E-state index contributed by atoms with van der Waals surface area (Å²) in [6.07, 6.45) is 3.12. The van der Waals surface area contributed by atoms with E-state index in [1.54, 1.807) is 0 Å². The van der Waals surface area contributed by atoms with E-state index in [2.05, 4.69) is 57.8 Å². The molecule has 0 atom stereocenters. The average molecular weight is 372 g/mol. The number of aryl methyl sites for hydroxylation is 3. The number of benzene rings is 2. The molecule has 0 aliphatic rings. The minimum Gasteiger partial charge on any atom is -0.362 e. The van der Waals surface area contributed by atoms with Crippen LogP contribution in [0.4, 0.5) is 5.69 Å². The van der Waals surface area contributed by atoms with Crippen LogP contribution in [0, 0.1) is 13.8 Å². The quantitative estimate of drug-likeness (QED) is 0.471. The molecule has 0 spiro atoms. The molecule has 2 aromatic carbocycles. The molecule has 1 heterocycles. The van der Waals surface area contributed by atoms with E-state index in [4.69, 9.17) is 23.8 Å². The highest BCUT2D eigenvalue weighted by Gasteiger charge is 2.07. The second kappa shape index (κ2) is 7.89. The van der Waals surface area contributed by atoms with E-state index in [0.29, 0.717) is 10.1 Å². The van der Waals surface area contributed by atoms with Gasteiger partial charge in [-0.2, -0.15) is 0 Å². The lowest BCUT2D eigenvalue weighted by Gasteiger charge is -2.15. The molecule has 0 radical (unpaired) electrons. The van der Waals surface area contributed by atoms with E-state index in [1.165, 1.54) is 10.9 Å². The van der Waals surface area contributed by atoms with Gasteiger partial charge >= 0.3 is 0 Å². The Hall–Kier alpha value is -2.04. The average Bonchev–Trinajstić information content (AvgIpc) is 2.98. The first-order valence-electron chi connectivity index (χ1n) is 8.40. The molecule has 0 saturated carbocycles. The van der Waals surface area contributed by atoms with E-state index in [0.717, 1.165) is 36.3 Å². The van der Waals surface area contributed by atoms with E-state index in [9.17, 15) is 0 Å². The minimum absolute atomic E-state index is 0.603. The van der Waals surface area contributed by atoms with Crippen molar-refractivity contribution >= 4 is 45.5 Å². The van der Waals surface area contributed by atoms with Crippen LogP contribution in [0.3, 0.4) is 0 Å². The summed E-state index contributed by atoms with van der Waals surface area (Å²) >= 11 is 11.7. The Balaban J connectivity index is 1.50. The van der Waals surface area contributed by atoms with Gasteiger partial charge in [0.2, 0.25) is 0 Å². The number of fused-ring (bicyclic) bond motifs is 1. The molecule has 25 heavy (non-hydrogen) atoms. The fourth-order valence-corrected chi connectivity index (χ4v) is 3.59. The summed E-state index contributed by atoms with van der Waals surface area (Å²) in [5.74, 6) is 0. The summed E-state index contributed by atoms with van der Waals surface area (Å²) in [6.45, 7) is 5.82. The van der Waals surface area contributed by atoms with Crippen molar-refractivity contribution < 1.29 is 0 Å². The number of aromatic nitrogens is 1. The highest BCUT2D eigenvalue weighted by molar-refractivity contribution is 7.80. The van der Waals surface area contributed by atoms with Crippen LogP contribution in [-0.2, 0) is 6.54 Å². The number of rotatable bonds is 5. The number of nitrogens with one attached hydrogen (secondary N) is 2. The highest BCUT2D eigenvalue weighted by atomic mass is 35.5. The molecule has 2 N–H and O–H groups in total. The third-order valence-corrected chi connectivity index (χ3v) is 4.76. The lowest BCUT2D eigenvalue weighted by molar-refractivity contribution is 0.649. The number of hydrogen-bond acceptors (Lipinski definition) is 1. The SMILES string of the molecule is Cc1cc(C)c(NC(=S)NCCCn2ccc3ccccc32)c(Cl)c1. The number of thiocarbonyl (C=S) groups is 1. The Morgan fingerprint density at radius 2 is 1.96 bits per heavy atom. The smallest absolute Gasteiger partial charge is 0.170 e. The molecule has 130 valence electrons. The third kappa shape index (κ3) is 4.33. The normalized spacial score (nSPS) is 10.8. The van der Waals surface area contributed by atoms with Gasteiger partial charge in [0.25, 0.3) is 0 Å². The largest absolute Gasteiger partial charge is 0.362 e. The molecule has 0 aliphatic carbocycles. The van der Waals surface area contributed by atoms with Crippen molar-refractivity contribution in [2.24, 2.45) is 0 Å². The van der Waals surface area contributed by atoms with Gasteiger partial charge in [-0.05, 0) is 67.2 Å². The first kappa shape index (κ1) is 17.8. The molecule has 0 bridgehead atoms. The van der Waals surface area contributed by atoms with E-state index < -0.39 is 0 Å². The third-order valence-electron chi connectivity index (χ3n) is 4.21. The molecule has 0 fully saturated rings. The van der Waals surface area contributed by atoms with Gasteiger partial charge in [0, 0.05) is 24.8 Å². The zero-order valence-electron chi connectivity index (χ0n) is 14.5. The van der Waals surface area contributed by atoms with Gasteiger partial charge in [-0.15, -0.1) is 0 Å². The number of halogens is 1. The van der Waals surface area contributed by atoms with E-state index in [-0.39, 0.29) is 0 Å². The summed E-state index contributed by atoms with van der Waals surface area (Å²) in [7, 11) is 0. The van der Waals surface area contributed by atoms with Gasteiger partial charge in [0.05, 0.1) is 10.7 Å². The molecular formula is C20H22ClN3S. The van der Waals surface area contributed by atoms with Crippen molar-refractivity contribution in [2.75, 3.05) is 11.9 Å². The van der Waals surface area contributed by atoms with Crippen LogP contribution in [0.1, 0.15) is 17.5 Å². The Morgan fingerprint density at radius 1 is 1.16 bits per heavy atom. The Labute approximate surface area is 159 Å². The lowest BCUT2D eigenvalue weighted by Crippen LogP contribution is -2.30. The van der Waals surface area contributed by atoms with E-state index >= 15 is 0 Å². The van der Waals surface area contributed by atoms with Gasteiger partial charge in [-0.1, -0.05) is 35.9 Å². The lowest BCUT2D eigenvalue weighted by atomic mass is 10.1. The van der Waals surface area contributed by atoms with Crippen molar-refractivity contribution in [3.8, 4) is 0 Å². The second-order valence-electron chi connectivity index (χ2n) is 6.24. The Bertz CT molecular complexity index is 878. The van der Waals surface area contributed by atoms with Crippen LogP contribution in [0.25, 0.3) is 10.9 Å². The Morgan fingerprint density at radius 3 is 2.76 bits per heavy atom. The zero-order valence-corrected chi connectivity index (χ0v) is 16.0. The monoisotopic (exact) mass is 371 g/mol. The topological polar surface area (TPSA) is 29.0 Å². The van der Waals surface area contributed by atoms with Crippen molar-refractivity contribution in [2.45, 2.75) is 26.8 Å². The zero-order chi connectivity index (χ0) is 17.8. The molecule has 0 aliphatic heterocycles. The molecule has 0 amide bonds. The van der Waals surface area contributed by atoms with Crippen LogP contribution in [-0.4, -0.2) is 16.2 Å². The van der Waals surface area contributed by atoms with Crippen molar-refractivity contribution in [3.63, 3.8) is 0 Å². The fourth-order valence-electron chi connectivity index (χ4n) is 3.02. The molecule has 3 aromatic rings. The minimum atomic E-state index is 0.603. The molecule has 0 unspecified atom stereocenters.